The van der Waals surface area contributed by atoms with E-state index in [4.69, 9.17) is 14.7 Å². The van der Waals surface area contributed by atoms with Crippen molar-refractivity contribution in [1.29, 1.82) is 0 Å². The number of phenols is 1. The van der Waals surface area contributed by atoms with E-state index < -0.39 is 0 Å². The van der Waals surface area contributed by atoms with Crippen LogP contribution in [-0.4, -0.2) is 82.8 Å². The van der Waals surface area contributed by atoms with Crippen molar-refractivity contribution < 1.29 is 19.7 Å². The maximum Gasteiger partial charge on any atom is 0.318 e. The summed E-state index contributed by atoms with van der Waals surface area (Å²) in [4.78, 5) is 29.9. The van der Waals surface area contributed by atoms with E-state index in [2.05, 4.69) is 46.5 Å². The molecule has 0 unspecified atom stereocenters. The number of ether oxygens (including phenoxy) is 1. The highest BCUT2D eigenvalue weighted by Gasteiger charge is 2.44. The third kappa shape index (κ3) is 5.45. The molecule has 10 heteroatoms. The van der Waals surface area contributed by atoms with Crippen LogP contribution in [-0.2, 0) is 13.1 Å². The summed E-state index contributed by atoms with van der Waals surface area (Å²) in [5.74, 6) is 0.923. The molecule has 1 amide bonds. The Morgan fingerprint density at radius 3 is 2.80 bits per heavy atom. The molecule has 2 aliphatic heterocycles. The largest absolute Gasteiger partial charge is 0.508 e. The average Bonchev–Trinajstić information content (AvgIpc) is 3.55. The van der Waals surface area contributed by atoms with E-state index in [0.29, 0.717) is 37.8 Å². The van der Waals surface area contributed by atoms with Gasteiger partial charge < -0.3 is 29.6 Å². The molecule has 0 spiro atoms. The van der Waals surface area contributed by atoms with Gasteiger partial charge in [-0.15, -0.1) is 0 Å². The summed E-state index contributed by atoms with van der Waals surface area (Å²) in [6.45, 7) is 3.97. The monoisotopic (exact) mass is 657 g/mol. The third-order valence-electron chi connectivity index (χ3n) is 8.36. The number of rotatable bonds is 8. The molecule has 0 radical (unpaired) electrons. The van der Waals surface area contributed by atoms with Crippen LogP contribution in [0.5, 0.6) is 11.8 Å². The molecule has 3 aromatic rings. The normalized spacial score (nSPS) is 19.8. The fourth-order valence-electron chi connectivity index (χ4n) is 6.21. The van der Waals surface area contributed by atoms with Gasteiger partial charge in [-0.3, -0.25) is 4.79 Å². The maximum atomic E-state index is 14.0. The zero-order valence-electron chi connectivity index (χ0n) is 23.1. The minimum atomic E-state index is -0.147. The number of aliphatic hydroxyl groups is 1. The lowest BCUT2D eigenvalue weighted by atomic mass is 9.98. The lowest BCUT2D eigenvalue weighted by Gasteiger charge is -2.33. The van der Waals surface area contributed by atoms with Gasteiger partial charge in [0.05, 0.1) is 31.0 Å². The number of anilines is 1. The highest BCUT2D eigenvalue weighted by Crippen LogP contribution is 2.46. The van der Waals surface area contributed by atoms with Crippen molar-refractivity contribution in [2.75, 3.05) is 51.8 Å². The second kappa shape index (κ2) is 10.9. The number of halogens is 1. The number of carbonyl (C=O) groups is 1. The summed E-state index contributed by atoms with van der Waals surface area (Å²) in [6.07, 6.45) is 4.23. The van der Waals surface area contributed by atoms with E-state index in [1.54, 1.807) is 17.0 Å². The molecule has 2 N–H and O–H groups in total. The van der Waals surface area contributed by atoms with Crippen molar-refractivity contribution >= 4 is 45.1 Å². The van der Waals surface area contributed by atoms with Gasteiger partial charge in [0.1, 0.15) is 11.6 Å². The molecule has 2 fully saturated rings. The number of benzene rings is 2. The van der Waals surface area contributed by atoms with E-state index in [9.17, 15) is 15.0 Å². The lowest BCUT2D eigenvalue weighted by Crippen LogP contribution is -2.38. The molecular weight excluding hydrogens is 621 g/mol. The topological polar surface area (TPSA) is 102 Å². The van der Waals surface area contributed by atoms with Crippen LogP contribution in [0, 0.1) is 14.9 Å². The van der Waals surface area contributed by atoms with E-state index in [1.807, 2.05) is 18.2 Å². The first-order valence-corrected chi connectivity index (χ1v) is 15.1. The van der Waals surface area contributed by atoms with E-state index in [0.717, 1.165) is 70.2 Å². The van der Waals surface area contributed by atoms with Gasteiger partial charge in [0.2, 0.25) is 0 Å². The smallest absolute Gasteiger partial charge is 0.318 e. The summed E-state index contributed by atoms with van der Waals surface area (Å²) < 4.78 is 7.21. The van der Waals surface area contributed by atoms with Crippen molar-refractivity contribution in [3.63, 3.8) is 0 Å². The molecule has 9 nitrogen and oxygen atoms in total. The van der Waals surface area contributed by atoms with Gasteiger partial charge in [-0.1, -0.05) is 12.1 Å². The van der Waals surface area contributed by atoms with Crippen LogP contribution < -0.4 is 9.64 Å². The molecule has 40 heavy (non-hydrogen) atoms. The van der Waals surface area contributed by atoms with Gasteiger partial charge in [-0.2, -0.15) is 9.97 Å². The Hall–Kier alpha value is -2.70. The van der Waals surface area contributed by atoms with E-state index in [-0.39, 0.29) is 29.6 Å². The van der Waals surface area contributed by atoms with Crippen molar-refractivity contribution in [3.05, 3.63) is 50.7 Å². The molecule has 1 saturated heterocycles. The molecule has 212 valence electrons. The molecule has 0 bridgehead atoms. The Morgan fingerprint density at radius 1 is 1.23 bits per heavy atom. The quantitative estimate of drug-likeness (QED) is 0.351. The van der Waals surface area contributed by atoms with Gasteiger partial charge in [-0.05, 0) is 91.9 Å². The summed E-state index contributed by atoms with van der Waals surface area (Å²) in [5, 5.41) is 21.9. The van der Waals surface area contributed by atoms with Crippen LogP contribution in [0.4, 0.5) is 5.82 Å². The van der Waals surface area contributed by atoms with Crippen LogP contribution in [0.1, 0.15) is 47.3 Å². The predicted octanol–water partition coefficient (Wildman–Crippen LogP) is 4.03. The van der Waals surface area contributed by atoms with Crippen molar-refractivity contribution in [3.8, 4) is 11.8 Å². The minimum Gasteiger partial charge on any atom is -0.508 e. The van der Waals surface area contributed by atoms with Gasteiger partial charge in [0, 0.05) is 46.2 Å². The maximum absolute atomic E-state index is 14.0. The number of aromatic nitrogens is 2. The molecule has 1 atom stereocenters. The van der Waals surface area contributed by atoms with Gasteiger partial charge in [-0.25, -0.2) is 0 Å². The zero-order valence-corrected chi connectivity index (χ0v) is 25.2. The highest BCUT2D eigenvalue weighted by molar-refractivity contribution is 14.1. The van der Waals surface area contributed by atoms with Crippen LogP contribution >= 0.6 is 22.6 Å². The number of amides is 1. The Bertz CT molecular complexity index is 1440. The van der Waals surface area contributed by atoms with Gasteiger partial charge in [0.15, 0.2) is 0 Å². The molecule has 1 aromatic heterocycles. The summed E-state index contributed by atoms with van der Waals surface area (Å²) >= 11 is 2.24. The fourth-order valence-corrected chi connectivity index (χ4v) is 7.02. The summed E-state index contributed by atoms with van der Waals surface area (Å²) in [5.41, 5.74) is 2.37. The fraction of sp³-hybridized carbons (Fsp3) is 0.500. The number of aliphatic hydroxyl groups excluding tert-OH is 1. The number of hydrogen-bond acceptors (Lipinski definition) is 8. The second-order valence-electron chi connectivity index (χ2n) is 11.9. The second-order valence-corrected chi connectivity index (χ2v) is 13.1. The SMILES string of the molecule is CN(C)CC1(COc2nc3c(c(N4CCC[C@H](CO)C4)n2)CN(C(=O)c2cc(O)cc4cccc(I)c24)C3)CC1. The third-order valence-corrected chi connectivity index (χ3v) is 9.26. The molecule has 2 aromatic carbocycles. The van der Waals surface area contributed by atoms with Crippen molar-refractivity contribution in [2.45, 2.75) is 38.8 Å². The number of nitrogens with zero attached hydrogens (tertiary/aromatic N) is 5. The summed E-state index contributed by atoms with van der Waals surface area (Å²) in [6, 6.07) is 9.42. The number of aromatic hydroxyl groups is 1. The Balaban J connectivity index is 1.32. The van der Waals surface area contributed by atoms with Crippen molar-refractivity contribution in [1.82, 2.24) is 19.8 Å². The Kier molecular flexibility index (Phi) is 7.51. The van der Waals surface area contributed by atoms with E-state index in [1.165, 1.54) is 0 Å². The van der Waals surface area contributed by atoms with Gasteiger partial charge >= 0.3 is 6.01 Å². The Morgan fingerprint density at radius 2 is 2.05 bits per heavy atom. The lowest BCUT2D eigenvalue weighted by molar-refractivity contribution is 0.0752. The standard InChI is InChI=1S/C30H36IN5O4/c1-34(2)17-30(8-9-30)18-40-29-32-25-15-36(14-23(25)27(33-29)35-10-4-5-19(13-35)16-37)28(39)22-12-21(38)11-20-6-3-7-24(31)26(20)22/h3,6-7,11-12,19,37-38H,4-5,8-10,13-18H2,1-2H3/t19-/m0/s1. The first-order chi connectivity index (χ1) is 19.2. The number of phenolic OH excluding ortho intramolecular Hbond substituents is 1. The molecule has 3 aliphatic rings. The Labute approximate surface area is 248 Å². The number of hydrogen-bond donors (Lipinski definition) is 2. The van der Waals surface area contributed by atoms with Gasteiger partial charge in [0.25, 0.3) is 5.91 Å². The zero-order chi connectivity index (χ0) is 28.0. The predicted molar refractivity (Wildman–Crippen MR) is 162 cm³/mol. The van der Waals surface area contributed by atoms with Crippen LogP contribution in [0.25, 0.3) is 10.8 Å². The number of carbonyl (C=O) groups excluding carboxylic acids is 1. The molecular formula is C30H36IN5O4. The van der Waals surface area contributed by atoms with Crippen molar-refractivity contribution in [2.24, 2.45) is 11.3 Å². The first-order valence-electron chi connectivity index (χ1n) is 14.0. The van der Waals surface area contributed by atoms with Crippen LogP contribution in [0.3, 0.4) is 0 Å². The number of piperidine rings is 1. The average molecular weight is 658 g/mol. The highest BCUT2D eigenvalue weighted by atomic mass is 127. The molecule has 6 rings (SSSR count). The molecule has 1 saturated carbocycles. The van der Waals surface area contributed by atoms with Crippen LogP contribution in [0.15, 0.2) is 30.3 Å². The number of fused-ring (bicyclic) bond motifs is 2. The first kappa shape index (κ1) is 27.5. The molecule has 1 aliphatic carbocycles. The minimum absolute atomic E-state index is 0.0702. The summed E-state index contributed by atoms with van der Waals surface area (Å²) in [7, 11) is 4.17. The van der Waals surface area contributed by atoms with E-state index >= 15 is 0 Å². The molecule has 3 heterocycles. The van der Waals surface area contributed by atoms with Crippen LogP contribution in [0.2, 0.25) is 0 Å².